The second kappa shape index (κ2) is 10.3. The number of nitrogens with one attached hydrogen (secondary N) is 2. The summed E-state index contributed by atoms with van der Waals surface area (Å²) in [6.45, 7) is 2.21. The molecule has 0 radical (unpaired) electrons. The van der Waals surface area contributed by atoms with Crippen LogP contribution in [0.15, 0.2) is 66.7 Å². The molecule has 3 aromatic rings. The van der Waals surface area contributed by atoms with Gasteiger partial charge in [-0.1, -0.05) is 79.0 Å². The Morgan fingerprint density at radius 3 is 2.40 bits per heavy atom. The molecule has 5 heteroatoms. The second-order valence-corrected chi connectivity index (χ2v) is 8.31. The molecule has 1 saturated carbocycles. The van der Waals surface area contributed by atoms with Gasteiger partial charge in [0, 0.05) is 18.1 Å². The molecule has 1 aliphatic rings. The molecule has 0 spiro atoms. The molecule has 4 rings (SSSR count). The summed E-state index contributed by atoms with van der Waals surface area (Å²) < 4.78 is 0. The van der Waals surface area contributed by atoms with Crippen molar-refractivity contribution in [1.29, 1.82) is 0 Å². The average molecular weight is 443 g/mol. The number of benzene rings is 3. The molecule has 3 atom stereocenters. The summed E-state index contributed by atoms with van der Waals surface area (Å²) in [6, 6.07) is 22.7. The summed E-state index contributed by atoms with van der Waals surface area (Å²) in [5.74, 6) is -0.0906. The van der Waals surface area contributed by atoms with Crippen LogP contribution in [-0.4, -0.2) is 18.0 Å². The predicted molar refractivity (Wildman–Crippen MR) is 128 cm³/mol. The molecule has 0 saturated heterocycles. The highest BCUT2D eigenvalue weighted by atomic mass is 35.5. The molecule has 2 N–H and O–H groups in total. The molecule has 0 aromatic heterocycles. The van der Waals surface area contributed by atoms with E-state index in [2.05, 4.69) is 60.0 Å². The zero-order valence-corrected chi connectivity index (χ0v) is 18.7. The maximum atomic E-state index is 12.8. The van der Waals surface area contributed by atoms with E-state index in [0.29, 0.717) is 10.6 Å². The van der Waals surface area contributed by atoms with Crippen LogP contribution in [0.5, 0.6) is 0 Å². The van der Waals surface area contributed by atoms with Crippen LogP contribution < -0.4 is 10.6 Å². The van der Waals surface area contributed by atoms with Gasteiger partial charge in [0.2, 0.25) is 0 Å². The fraction of sp³-hybridized carbons (Fsp3) is 0.320. The first kappa shape index (κ1) is 22.6. The van der Waals surface area contributed by atoms with Crippen LogP contribution in [0, 0.1) is 0 Å². The lowest BCUT2D eigenvalue weighted by molar-refractivity contribution is 0.0913. The van der Waals surface area contributed by atoms with Crippen molar-refractivity contribution in [3.63, 3.8) is 0 Å². The third kappa shape index (κ3) is 4.97. The van der Waals surface area contributed by atoms with Gasteiger partial charge in [-0.2, -0.15) is 0 Å². The SMILES string of the molecule is CC(N[C@@H]1CCCC[C@H]1NC(=O)c1ccccc1Cl)c1cccc2ccccc12.Cl. The Balaban J connectivity index is 0.00000256. The van der Waals surface area contributed by atoms with E-state index in [-0.39, 0.29) is 36.4 Å². The fourth-order valence-electron chi connectivity index (χ4n) is 4.43. The van der Waals surface area contributed by atoms with Crippen LogP contribution >= 0.6 is 24.0 Å². The Bertz CT molecular complexity index is 1000. The minimum atomic E-state index is -0.0906. The third-order valence-corrected chi connectivity index (χ3v) is 6.28. The lowest BCUT2D eigenvalue weighted by atomic mass is 9.88. The van der Waals surface area contributed by atoms with Crippen LogP contribution in [-0.2, 0) is 0 Å². The number of halogens is 2. The smallest absolute Gasteiger partial charge is 0.253 e. The van der Waals surface area contributed by atoms with Gasteiger partial charge in [-0.25, -0.2) is 0 Å². The van der Waals surface area contributed by atoms with Crippen LogP contribution in [0.25, 0.3) is 10.8 Å². The van der Waals surface area contributed by atoms with Gasteiger partial charge in [-0.05, 0) is 48.2 Å². The number of carbonyl (C=O) groups excluding carboxylic acids is 1. The minimum Gasteiger partial charge on any atom is -0.348 e. The van der Waals surface area contributed by atoms with Gasteiger partial charge in [0.1, 0.15) is 0 Å². The maximum absolute atomic E-state index is 12.8. The molecule has 3 nitrogen and oxygen atoms in total. The van der Waals surface area contributed by atoms with Crippen molar-refractivity contribution in [3.8, 4) is 0 Å². The van der Waals surface area contributed by atoms with Crippen LogP contribution in [0.1, 0.15) is 54.6 Å². The minimum absolute atomic E-state index is 0. The van der Waals surface area contributed by atoms with Crippen molar-refractivity contribution >= 4 is 40.7 Å². The molecule has 0 heterocycles. The average Bonchev–Trinajstić information content (AvgIpc) is 2.75. The number of hydrogen-bond donors (Lipinski definition) is 2. The first-order valence-corrected chi connectivity index (χ1v) is 10.8. The third-order valence-electron chi connectivity index (χ3n) is 5.95. The molecule has 1 amide bonds. The number of rotatable bonds is 5. The van der Waals surface area contributed by atoms with Gasteiger partial charge in [0.25, 0.3) is 5.91 Å². The molecule has 1 aliphatic carbocycles. The molecular weight excluding hydrogens is 415 g/mol. The van der Waals surface area contributed by atoms with Crippen molar-refractivity contribution in [2.75, 3.05) is 0 Å². The highest BCUT2D eigenvalue weighted by molar-refractivity contribution is 6.33. The number of hydrogen-bond acceptors (Lipinski definition) is 2. The first-order chi connectivity index (χ1) is 14.1. The molecule has 0 aliphatic heterocycles. The van der Waals surface area contributed by atoms with Crippen LogP contribution in [0.4, 0.5) is 0 Å². The van der Waals surface area contributed by atoms with Crippen LogP contribution in [0.2, 0.25) is 5.02 Å². The van der Waals surface area contributed by atoms with Crippen molar-refractivity contribution in [1.82, 2.24) is 10.6 Å². The van der Waals surface area contributed by atoms with Gasteiger partial charge in [-0.3, -0.25) is 4.79 Å². The molecule has 30 heavy (non-hydrogen) atoms. The van der Waals surface area contributed by atoms with Gasteiger partial charge in [-0.15, -0.1) is 12.4 Å². The Kier molecular flexibility index (Phi) is 7.76. The van der Waals surface area contributed by atoms with Crippen molar-refractivity contribution in [3.05, 3.63) is 82.9 Å². The summed E-state index contributed by atoms with van der Waals surface area (Å²) in [5, 5.41) is 10.1. The van der Waals surface area contributed by atoms with Crippen LogP contribution in [0.3, 0.4) is 0 Å². The topological polar surface area (TPSA) is 41.1 Å². The highest BCUT2D eigenvalue weighted by Crippen LogP contribution is 2.27. The summed E-state index contributed by atoms with van der Waals surface area (Å²) in [5.41, 5.74) is 1.84. The summed E-state index contributed by atoms with van der Waals surface area (Å²) in [7, 11) is 0. The Morgan fingerprint density at radius 2 is 1.60 bits per heavy atom. The zero-order valence-electron chi connectivity index (χ0n) is 17.1. The van der Waals surface area contributed by atoms with E-state index in [4.69, 9.17) is 11.6 Å². The Labute approximate surface area is 189 Å². The molecule has 1 unspecified atom stereocenters. The fourth-order valence-corrected chi connectivity index (χ4v) is 4.66. The zero-order chi connectivity index (χ0) is 20.2. The largest absolute Gasteiger partial charge is 0.348 e. The molecule has 1 fully saturated rings. The van der Waals surface area contributed by atoms with E-state index in [0.717, 1.165) is 19.3 Å². The normalized spacial score (nSPS) is 19.7. The van der Waals surface area contributed by atoms with E-state index in [9.17, 15) is 4.79 Å². The first-order valence-electron chi connectivity index (χ1n) is 10.4. The van der Waals surface area contributed by atoms with Gasteiger partial charge in [0.05, 0.1) is 10.6 Å². The number of carbonyl (C=O) groups is 1. The van der Waals surface area contributed by atoms with E-state index >= 15 is 0 Å². The highest BCUT2D eigenvalue weighted by Gasteiger charge is 2.28. The number of amides is 1. The van der Waals surface area contributed by atoms with Crippen molar-refractivity contribution in [2.45, 2.75) is 50.7 Å². The van der Waals surface area contributed by atoms with E-state index in [1.165, 1.54) is 22.8 Å². The summed E-state index contributed by atoms with van der Waals surface area (Å²) in [4.78, 5) is 12.8. The lowest BCUT2D eigenvalue weighted by Gasteiger charge is -2.35. The van der Waals surface area contributed by atoms with E-state index in [1.807, 2.05) is 12.1 Å². The van der Waals surface area contributed by atoms with Gasteiger partial charge in [0.15, 0.2) is 0 Å². The summed E-state index contributed by atoms with van der Waals surface area (Å²) in [6.07, 6.45) is 4.35. The quantitative estimate of drug-likeness (QED) is 0.486. The van der Waals surface area contributed by atoms with Crippen molar-refractivity contribution < 1.29 is 4.79 Å². The Hall–Kier alpha value is -2.07. The number of fused-ring (bicyclic) bond motifs is 1. The van der Waals surface area contributed by atoms with E-state index < -0.39 is 0 Å². The van der Waals surface area contributed by atoms with Crippen molar-refractivity contribution in [2.24, 2.45) is 0 Å². The molecule has 158 valence electrons. The summed E-state index contributed by atoms with van der Waals surface area (Å²) >= 11 is 6.22. The van der Waals surface area contributed by atoms with Gasteiger partial charge >= 0.3 is 0 Å². The van der Waals surface area contributed by atoms with E-state index in [1.54, 1.807) is 12.1 Å². The monoisotopic (exact) mass is 442 g/mol. The second-order valence-electron chi connectivity index (χ2n) is 7.91. The molecule has 3 aromatic carbocycles. The lowest BCUT2D eigenvalue weighted by Crippen LogP contribution is -2.52. The molecule has 0 bridgehead atoms. The predicted octanol–water partition coefficient (Wildman–Crippen LogP) is 6.31. The standard InChI is InChI=1S/C25H27ClN2O.ClH/c1-17(19-13-8-10-18-9-2-3-11-20(18)19)27-23-15-6-7-16-24(23)28-25(29)21-12-4-5-14-22(21)26;/h2-5,8-14,17,23-24,27H,6-7,15-16H2,1H3,(H,28,29);1H/t17?,23-,24-;/m1./s1. The Morgan fingerprint density at radius 1 is 0.933 bits per heavy atom. The maximum Gasteiger partial charge on any atom is 0.253 e. The van der Waals surface area contributed by atoms with Gasteiger partial charge < -0.3 is 10.6 Å². The molecular formula is C25H28Cl2N2O.